The molecule has 2 aromatic carbocycles. The first-order valence-corrected chi connectivity index (χ1v) is 5.84. The first-order chi connectivity index (χ1) is 8.31. The van der Waals surface area contributed by atoms with Crippen molar-refractivity contribution in [2.75, 3.05) is 0 Å². The van der Waals surface area contributed by atoms with Crippen molar-refractivity contribution in [2.24, 2.45) is 0 Å². The molecule has 0 unspecified atom stereocenters. The molecule has 0 spiro atoms. The topological polar surface area (TPSA) is 50.8 Å². The van der Waals surface area contributed by atoms with E-state index in [1.807, 2.05) is 30.3 Å². The van der Waals surface area contributed by atoms with Crippen LogP contribution in [0.4, 0.5) is 0 Å². The SMILES string of the molecule is Brc1ccc2cc(Oc3c[nH]nn3)ccc2c1. The van der Waals surface area contributed by atoms with Crippen LogP contribution in [0, 0.1) is 0 Å². The summed E-state index contributed by atoms with van der Waals surface area (Å²) in [5.74, 6) is 1.20. The quantitative estimate of drug-likeness (QED) is 0.785. The van der Waals surface area contributed by atoms with Crippen molar-refractivity contribution in [1.82, 2.24) is 15.4 Å². The molecule has 0 aliphatic heterocycles. The van der Waals surface area contributed by atoms with E-state index in [1.54, 1.807) is 6.20 Å². The third-order valence-corrected chi connectivity index (χ3v) is 2.88. The number of benzene rings is 2. The summed E-state index contributed by atoms with van der Waals surface area (Å²) in [5, 5.41) is 12.2. The van der Waals surface area contributed by atoms with Crippen LogP contribution in [0.1, 0.15) is 0 Å². The molecule has 3 rings (SSSR count). The molecule has 0 fully saturated rings. The summed E-state index contributed by atoms with van der Waals surface area (Å²) in [5.41, 5.74) is 0. The molecule has 0 bridgehead atoms. The van der Waals surface area contributed by atoms with Gasteiger partial charge in [0.1, 0.15) is 5.75 Å². The van der Waals surface area contributed by atoms with Crippen LogP contribution >= 0.6 is 15.9 Å². The normalized spacial score (nSPS) is 10.6. The lowest BCUT2D eigenvalue weighted by Crippen LogP contribution is -1.84. The van der Waals surface area contributed by atoms with Gasteiger partial charge in [0.15, 0.2) is 0 Å². The lowest BCUT2D eigenvalue weighted by molar-refractivity contribution is 0.462. The van der Waals surface area contributed by atoms with E-state index in [1.165, 1.54) is 0 Å². The number of rotatable bonds is 2. The second kappa shape index (κ2) is 4.18. The number of hydrogen-bond donors (Lipinski definition) is 1. The van der Waals surface area contributed by atoms with Crippen molar-refractivity contribution in [3.05, 3.63) is 47.1 Å². The molecule has 0 aliphatic carbocycles. The van der Waals surface area contributed by atoms with Gasteiger partial charge in [-0.3, -0.25) is 5.10 Å². The number of H-pyrrole nitrogens is 1. The summed E-state index contributed by atoms with van der Waals surface area (Å²) in [6.07, 6.45) is 1.60. The molecule has 0 aliphatic rings. The van der Waals surface area contributed by atoms with E-state index in [9.17, 15) is 0 Å². The Morgan fingerprint density at radius 1 is 1.06 bits per heavy atom. The second-order valence-electron chi connectivity index (χ2n) is 3.57. The lowest BCUT2D eigenvalue weighted by Gasteiger charge is -2.03. The Hall–Kier alpha value is -1.88. The third kappa shape index (κ3) is 2.14. The lowest BCUT2D eigenvalue weighted by atomic mass is 10.1. The summed E-state index contributed by atoms with van der Waals surface area (Å²) in [6, 6.07) is 12.0. The molecular formula is C12H8BrN3O. The Kier molecular flexibility index (Phi) is 2.53. The van der Waals surface area contributed by atoms with E-state index in [2.05, 4.69) is 37.4 Å². The van der Waals surface area contributed by atoms with E-state index < -0.39 is 0 Å². The minimum Gasteiger partial charge on any atom is -0.436 e. The smallest absolute Gasteiger partial charge is 0.258 e. The van der Waals surface area contributed by atoms with Gasteiger partial charge >= 0.3 is 0 Å². The molecule has 1 aromatic heterocycles. The summed E-state index contributed by atoms with van der Waals surface area (Å²) < 4.78 is 6.61. The van der Waals surface area contributed by atoms with Crippen molar-refractivity contribution in [3.63, 3.8) is 0 Å². The van der Waals surface area contributed by atoms with Gasteiger partial charge in [0.05, 0.1) is 6.20 Å². The predicted octanol–water partition coefficient (Wildman–Crippen LogP) is 3.51. The average Bonchev–Trinajstić information content (AvgIpc) is 2.82. The minimum absolute atomic E-state index is 0.460. The zero-order chi connectivity index (χ0) is 11.7. The fourth-order valence-corrected chi connectivity index (χ4v) is 2.00. The summed E-state index contributed by atoms with van der Waals surface area (Å²) in [4.78, 5) is 0. The number of nitrogens with zero attached hydrogens (tertiary/aromatic N) is 2. The van der Waals surface area contributed by atoms with E-state index in [4.69, 9.17) is 4.74 Å². The van der Waals surface area contributed by atoms with Gasteiger partial charge < -0.3 is 4.74 Å². The Bertz CT molecular complexity index is 652. The molecule has 0 atom stereocenters. The average molecular weight is 290 g/mol. The largest absolute Gasteiger partial charge is 0.436 e. The number of fused-ring (bicyclic) bond motifs is 1. The molecule has 1 N–H and O–H groups in total. The van der Waals surface area contributed by atoms with Gasteiger partial charge in [0, 0.05) is 4.47 Å². The number of nitrogens with one attached hydrogen (secondary N) is 1. The summed E-state index contributed by atoms with van der Waals surface area (Å²) in [6.45, 7) is 0. The Labute approximate surface area is 106 Å². The monoisotopic (exact) mass is 289 g/mol. The van der Waals surface area contributed by atoms with E-state index in [0.29, 0.717) is 5.88 Å². The highest BCUT2D eigenvalue weighted by atomic mass is 79.9. The van der Waals surface area contributed by atoms with Gasteiger partial charge in [-0.2, -0.15) is 0 Å². The van der Waals surface area contributed by atoms with Crippen LogP contribution in [0.5, 0.6) is 11.6 Å². The molecule has 17 heavy (non-hydrogen) atoms. The molecule has 4 nitrogen and oxygen atoms in total. The third-order valence-electron chi connectivity index (χ3n) is 2.39. The molecule has 0 amide bonds. The highest BCUT2D eigenvalue weighted by Crippen LogP contribution is 2.26. The molecule has 0 saturated carbocycles. The first kappa shape index (κ1) is 10.3. The molecule has 3 aromatic rings. The van der Waals surface area contributed by atoms with Crippen LogP contribution in [-0.4, -0.2) is 15.4 Å². The zero-order valence-corrected chi connectivity index (χ0v) is 10.3. The molecular weight excluding hydrogens is 282 g/mol. The number of aromatic amines is 1. The predicted molar refractivity (Wildman–Crippen MR) is 68.1 cm³/mol. The number of ether oxygens (including phenoxy) is 1. The van der Waals surface area contributed by atoms with E-state index >= 15 is 0 Å². The van der Waals surface area contributed by atoms with Crippen molar-refractivity contribution in [3.8, 4) is 11.6 Å². The van der Waals surface area contributed by atoms with Gasteiger partial charge in [-0.15, -0.1) is 0 Å². The Balaban J connectivity index is 1.99. The molecule has 1 heterocycles. The molecule has 84 valence electrons. The highest BCUT2D eigenvalue weighted by molar-refractivity contribution is 9.10. The fourth-order valence-electron chi connectivity index (χ4n) is 1.62. The maximum atomic E-state index is 5.54. The van der Waals surface area contributed by atoms with Gasteiger partial charge in [-0.25, -0.2) is 0 Å². The van der Waals surface area contributed by atoms with Crippen molar-refractivity contribution in [2.45, 2.75) is 0 Å². The van der Waals surface area contributed by atoms with E-state index in [0.717, 1.165) is 21.0 Å². The summed E-state index contributed by atoms with van der Waals surface area (Å²) >= 11 is 3.45. The van der Waals surface area contributed by atoms with Crippen LogP contribution in [0.2, 0.25) is 0 Å². The molecule has 0 saturated heterocycles. The number of aromatic nitrogens is 3. The standard InChI is InChI=1S/C12H8BrN3O/c13-10-3-1-9-6-11(4-2-8(9)5-10)17-12-7-14-16-15-12/h1-7H,(H,14,15,16). The zero-order valence-electron chi connectivity index (χ0n) is 8.72. The number of hydrogen-bond acceptors (Lipinski definition) is 3. The van der Waals surface area contributed by atoms with Crippen molar-refractivity contribution in [1.29, 1.82) is 0 Å². The van der Waals surface area contributed by atoms with Crippen LogP contribution in [-0.2, 0) is 0 Å². The Morgan fingerprint density at radius 3 is 2.71 bits per heavy atom. The minimum atomic E-state index is 0.460. The molecule has 5 heteroatoms. The van der Waals surface area contributed by atoms with Gasteiger partial charge in [-0.05, 0) is 35.0 Å². The fraction of sp³-hybridized carbons (Fsp3) is 0. The van der Waals surface area contributed by atoms with Gasteiger partial charge in [0.2, 0.25) is 0 Å². The van der Waals surface area contributed by atoms with Gasteiger partial charge in [0.25, 0.3) is 5.88 Å². The first-order valence-electron chi connectivity index (χ1n) is 5.05. The Morgan fingerprint density at radius 2 is 1.88 bits per heavy atom. The highest BCUT2D eigenvalue weighted by Gasteiger charge is 2.01. The van der Waals surface area contributed by atoms with Crippen LogP contribution in [0.15, 0.2) is 47.1 Å². The van der Waals surface area contributed by atoms with E-state index in [-0.39, 0.29) is 0 Å². The summed E-state index contributed by atoms with van der Waals surface area (Å²) in [7, 11) is 0. The van der Waals surface area contributed by atoms with Crippen molar-refractivity contribution < 1.29 is 4.74 Å². The van der Waals surface area contributed by atoms with Crippen molar-refractivity contribution >= 4 is 26.7 Å². The maximum Gasteiger partial charge on any atom is 0.258 e. The van der Waals surface area contributed by atoms with Crippen LogP contribution < -0.4 is 4.74 Å². The van der Waals surface area contributed by atoms with Gasteiger partial charge in [-0.1, -0.05) is 38.4 Å². The molecule has 0 radical (unpaired) electrons. The van der Waals surface area contributed by atoms with Crippen LogP contribution in [0.25, 0.3) is 10.8 Å². The second-order valence-corrected chi connectivity index (χ2v) is 4.48. The number of halogens is 1. The van der Waals surface area contributed by atoms with Crippen LogP contribution in [0.3, 0.4) is 0 Å². The maximum absolute atomic E-state index is 5.54.